The predicted molar refractivity (Wildman–Crippen MR) is 39.8 cm³/mol. The summed E-state index contributed by atoms with van der Waals surface area (Å²) in [5.41, 5.74) is 0. The molecule has 2 heteroatoms. The highest BCUT2D eigenvalue weighted by molar-refractivity contribution is 9.10. The number of hydrogen-bond acceptors (Lipinski definition) is 0. The summed E-state index contributed by atoms with van der Waals surface area (Å²) in [5.74, 6) is 0. The van der Waals surface area contributed by atoms with Crippen LogP contribution < -0.4 is 0 Å². The Hall–Kier alpha value is 0.910. The Bertz CT molecular complexity index is 23.0. The molecule has 0 heterocycles. The van der Waals surface area contributed by atoms with Crippen molar-refractivity contribution in [2.75, 3.05) is 0 Å². The Balaban J connectivity index is 0. The highest BCUT2D eigenvalue weighted by Crippen LogP contribution is 2.11. The van der Waals surface area contributed by atoms with Crippen LogP contribution in [0.15, 0.2) is 0 Å². The first-order valence-electron chi connectivity index (χ1n) is 1.69. The van der Waals surface area contributed by atoms with Crippen LogP contribution >= 0.6 is 25.8 Å². The van der Waals surface area contributed by atoms with Crippen molar-refractivity contribution in [3.05, 3.63) is 0 Å². The molecule has 0 aromatic rings. The van der Waals surface area contributed by atoms with Gasteiger partial charge in [0.1, 0.15) is 0 Å². The van der Waals surface area contributed by atoms with Gasteiger partial charge in [0.25, 0.3) is 0 Å². The van der Waals surface area contributed by atoms with Crippen molar-refractivity contribution < 1.29 is 0 Å². The van der Waals surface area contributed by atoms with Crippen molar-refractivity contribution in [1.29, 1.82) is 0 Å². The van der Waals surface area contributed by atoms with Crippen LogP contribution in [0.1, 0.15) is 20.8 Å². The summed E-state index contributed by atoms with van der Waals surface area (Å²) in [6, 6.07) is 0. The summed E-state index contributed by atoms with van der Waals surface area (Å²) in [7, 11) is 0. The lowest BCUT2D eigenvalue weighted by molar-refractivity contribution is 0.824. The van der Waals surface area contributed by atoms with E-state index in [4.69, 9.17) is 0 Å². The molecule has 0 N–H and O–H groups in total. The summed E-state index contributed by atoms with van der Waals surface area (Å²) in [5, 5.41) is 0. The van der Waals surface area contributed by atoms with Crippen molar-refractivity contribution in [1.82, 2.24) is 0 Å². The van der Waals surface area contributed by atoms with Crippen LogP contribution in [0, 0.1) is 0 Å². The van der Waals surface area contributed by atoms with Crippen LogP contribution in [0.3, 0.4) is 0 Å². The molecule has 0 spiro atoms. The van der Waals surface area contributed by atoms with Crippen molar-refractivity contribution >= 4 is 25.8 Å². The summed E-state index contributed by atoms with van der Waals surface area (Å²) in [4.78, 5) is 0. The maximum absolute atomic E-state index is 3.38. The first kappa shape index (κ1) is 10.0. The van der Waals surface area contributed by atoms with Gasteiger partial charge < -0.3 is 0 Å². The van der Waals surface area contributed by atoms with Gasteiger partial charge in [0.15, 0.2) is 0 Å². The molecule has 0 rings (SSSR count). The van der Waals surface area contributed by atoms with Gasteiger partial charge in [-0.3, -0.25) is 0 Å². The topological polar surface area (TPSA) is 0 Å². The molecule has 1 atom stereocenters. The number of alkyl halides is 1. The molecule has 0 aliphatic rings. The van der Waals surface area contributed by atoms with Gasteiger partial charge in [0.05, 0.1) is 0 Å². The molecule has 0 saturated carbocycles. The van der Waals surface area contributed by atoms with E-state index in [1.165, 1.54) is 0 Å². The van der Waals surface area contributed by atoms with Gasteiger partial charge in [-0.25, -0.2) is 0 Å². The van der Waals surface area contributed by atoms with Gasteiger partial charge in [0, 0.05) is 4.32 Å². The summed E-state index contributed by atoms with van der Waals surface area (Å²) in [6.07, 6.45) is 0. The van der Waals surface area contributed by atoms with Crippen LogP contribution in [0.2, 0.25) is 0 Å². The molecule has 0 saturated heterocycles. The highest BCUT2D eigenvalue weighted by atomic mass is 79.9. The standard InChI is InChI=1S/C4H9Br.H3P/c1-4(2,3)5;/h1-3H3;1H3. The molecule has 6 heavy (non-hydrogen) atoms. The maximum Gasteiger partial charge on any atom is 0.0173 e. The van der Waals surface area contributed by atoms with E-state index in [1.54, 1.807) is 0 Å². The van der Waals surface area contributed by atoms with Crippen molar-refractivity contribution in [3.63, 3.8) is 0 Å². The van der Waals surface area contributed by atoms with Gasteiger partial charge in [-0.15, -0.1) is 0 Å². The number of halogens is 1. The van der Waals surface area contributed by atoms with Gasteiger partial charge >= 0.3 is 0 Å². The zero-order chi connectivity index (χ0) is 4.50. The molecule has 40 valence electrons. The lowest BCUT2D eigenvalue weighted by Crippen LogP contribution is -1.97. The number of rotatable bonds is 0. The largest absolute Gasteiger partial charge is 0.153 e. The molecular formula is C4H12BrP. The molecule has 0 aliphatic carbocycles. The Kier molecular flexibility index (Phi) is 4.98. The molecule has 0 radical (unpaired) electrons. The summed E-state index contributed by atoms with van der Waals surface area (Å²) in [6.45, 7) is 6.31. The second-order valence-corrected chi connectivity index (χ2v) is 4.45. The third-order valence-corrected chi connectivity index (χ3v) is 0. The number of hydrogen-bond donors (Lipinski definition) is 0. The van der Waals surface area contributed by atoms with Crippen LogP contribution in [-0.4, -0.2) is 4.32 Å². The molecule has 0 aliphatic heterocycles. The first-order valence-corrected chi connectivity index (χ1v) is 2.48. The molecule has 0 nitrogen and oxygen atoms in total. The summed E-state index contributed by atoms with van der Waals surface area (Å²) < 4.78 is 0.312. The van der Waals surface area contributed by atoms with Crippen molar-refractivity contribution in [2.24, 2.45) is 0 Å². The van der Waals surface area contributed by atoms with Crippen molar-refractivity contribution in [3.8, 4) is 0 Å². The third-order valence-electron chi connectivity index (χ3n) is 0. The van der Waals surface area contributed by atoms with E-state index in [1.807, 2.05) is 0 Å². The quantitative estimate of drug-likeness (QED) is 0.387. The maximum atomic E-state index is 3.38. The van der Waals surface area contributed by atoms with Crippen LogP contribution in [0.4, 0.5) is 0 Å². The Labute approximate surface area is 51.5 Å². The fraction of sp³-hybridized carbons (Fsp3) is 1.00. The van der Waals surface area contributed by atoms with Crippen molar-refractivity contribution in [2.45, 2.75) is 25.1 Å². The van der Waals surface area contributed by atoms with E-state index >= 15 is 0 Å². The Morgan fingerprint density at radius 2 is 1.17 bits per heavy atom. The fourth-order valence-corrected chi connectivity index (χ4v) is 0. The lowest BCUT2D eigenvalue weighted by atomic mass is 10.3. The zero-order valence-corrected chi connectivity index (χ0v) is 7.59. The van der Waals surface area contributed by atoms with Crippen LogP contribution in [0.5, 0.6) is 0 Å². The molecule has 0 aromatic carbocycles. The van der Waals surface area contributed by atoms with E-state index in [2.05, 4.69) is 36.7 Å². The average molecular weight is 171 g/mol. The molecule has 1 unspecified atom stereocenters. The SMILES string of the molecule is CC(C)(C)Br.P. The Morgan fingerprint density at radius 1 is 1.17 bits per heavy atom. The minimum Gasteiger partial charge on any atom is -0.153 e. The van der Waals surface area contributed by atoms with Crippen LogP contribution in [-0.2, 0) is 0 Å². The molecule has 0 bridgehead atoms. The van der Waals surface area contributed by atoms with Gasteiger partial charge in [-0.05, 0) is 0 Å². The Morgan fingerprint density at radius 3 is 1.17 bits per heavy atom. The van der Waals surface area contributed by atoms with E-state index in [0.717, 1.165) is 0 Å². The fourth-order valence-electron chi connectivity index (χ4n) is 0. The van der Waals surface area contributed by atoms with Gasteiger partial charge in [0.2, 0.25) is 0 Å². The molecule has 0 aromatic heterocycles. The van der Waals surface area contributed by atoms with Gasteiger partial charge in [-0.2, -0.15) is 9.90 Å². The second kappa shape index (κ2) is 2.98. The first-order chi connectivity index (χ1) is 2.00. The van der Waals surface area contributed by atoms with E-state index in [9.17, 15) is 0 Å². The summed E-state index contributed by atoms with van der Waals surface area (Å²) >= 11 is 3.38. The van der Waals surface area contributed by atoms with E-state index < -0.39 is 0 Å². The lowest BCUT2D eigenvalue weighted by Gasteiger charge is -2.02. The van der Waals surface area contributed by atoms with Gasteiger partial charge in [-0.1, -0.05) is 36.7 Å². The van der Waals surface area contributed by atoms with Crippen LogP contribution in [0.25, 0.3) is 0 Å². The smallest absolute Gasteiger partial charge is 0.0173 e. The minimum atomic E-state index is 0. The third kappa shape index (κ3) is 90.6. The predicted octanol–water partition coefficient (Wildman–Crippen LogP) is 2.24. The molecule has 0 amide bonds. The second-order valence-electron chi connectivity index (χ2n) is 2.07. The van der Waals surface area contributed by atoms with E-state index in [0.29, 0.717) is 4.32 Å². The highest BCUT2D eigenvalue weighted by Gasteiger charge is 1.98. The molecular weight excluding hydrogens is 159 g/mol. The average Bonchev–Trinajstić information content (AvgIpc) is 0.722. The normalized spacial score (nSPS) is 10.0. The molecule has 0 fully saturated rings. The monoisotopic (exact) mass is 170 g/mol. The van der Waals surface area contributed by atoms with E-state index in [-0.39, 0.29) is 9.90 Å². The minimum absolute atomic E-state index is 0. The zero-order valence-electron chi connectivity index (χ0n) is 4.59.